The highest BCUT2D eigenvalue weighted by molar-refractivity contribution is 5.85. The minimum atomic E-state index is -0.0799. The summed E-state index contributed by atoms with van der Waals surface area (Å²) in [6, 6.07) is 0. The molecule has 0 amide bonds. The lowest BCUT2D eigenvalue weighted by molar-refractivity contribution is -0.144. The molecular weight excluding hydrogens is 116 g/mol. The summed E-state index contributed by atoms with van der Waals surface area (Å²) in [6.07, 6.45) is 2.79. The quantitative estimate of drug-likeness (QED) is 0.496. The molecular formula is C7H11O2. The molecule has 1 saturated heterocycles. The van der Waals surface area contributed by atoms with Crippen LogP contribution in [0.1, 0.15) is 26.2 Å². The average molecular weight is 127 g/mol. The number of carbonyl (C=O) groups is 1. The van der Waals surface area contributed by atoms with E-state index in [0.29, 0.717) is 6.61 Å². The Morgan fingerprint density at radius 3 is 2.89 bits per heavy atom. The van der Waals surface area contributed by atoms with Crippen LogP contribution in [-0.4, -0.2) is 12.6 Å². The van der Waals surface area contributed by atoms with Crippen molar-refractivity contribution in [3.8, 4) is 0 Å². The fraction of sp³-hybridized carbons (Fsp3) is 0.714. The van der Waals surface area contributed by atoms with Crippen LogP contribution in [0.4, 0.5) is 0 Å². The van der Waals surface area contributed by atoms with E-state index in [1.165, 1.54) is 0 Å². The van der Waals surface area contributed by atoms with Crippen LogP contribution in [0, 0.1) is 5.92 Å². The highest BCUT2D eigenvalue weighted by Crippen LogP contribution is 2.19. The van der Waals surface area contributed by atoms with Crippen molar-refractivity contribution in [2.45, 2.75) is 26.2 Å². The molecule has 1 aliphatic heterocycles. The molecule has 51 valence electrons. The zero-order chi connectivity index (χ0) is 6.69. The van der Waals surface area contributed by atoms with Gasteiger partial charge in [-0.25, -0.2) is 0 Å². The van der Waals surface area contributed by atoms with Gasteiger partial charge in [-0.05, 0) is 19.3 Å². The Balaban J connectivity index is 2.39. The van der Waals surface area contributed by atoms with Crippen molar-refractivity contribution < 1.29 is 9.53 Å². The van der Waals surface area contributed by atoms with Crippen LogP contribution in [0.15, 0.2) is 0 Å². The molecule has 1 heterocycles. The summed E-state index contributed by atoms with van der Waals surface area (Å²) in [7, 11) is 0. The van der Waals surface area contributed by atoms with Crippen molar-refractivity contribution >= 4 is 5.97 Å². The second-order valence-corrected chi connectivity index (χ2v) is 2.20. The fourth-order valence-corrected chi connectivity index (χ4v) is 0.976. The maximum Gasteiger partial charge on any atom is 0.313 e. The number of rotatable bonds is 1. The van der Waals surface area contributed by atoms with Gasteiger partial charge in [0.1, 0.15) is 0 Å². The first kappa shape index (κ1) is 6.59. The van der Waals surface area contributed by atoms with Crippen molar-refractivity contribution in [3.05, 3.63) is 5.92 Å². The van der Waals surface area contributed by atoms with E-state index >= 15 is 0 Å². The van der Waals surface area contributed by atoms with E-state index in [1.54, 1.807) is 0 Å². The molecule has 0 N–H and O–H groups in total. The summed E-state index contributed by atoms with van der Waals surface area (Å²) >= 11 is 0. The van der Waals surface area contributed by atoms with Crippen LogP contribution >= 0.6 is 0 Å². The summed E-state index contributed by atoms with van der Waals surface area (Å²) in [5.74, 6) is 0.866. The predicted molar refractivity (Wildman–Crippen MR) is 33.7 cm³/mol. The molecule has 0 saturated carbocycles. The Morgan fingerprint density at radius 1 is 1.67 bits per heavy atom. The van der Waals surface area contributed by atoms with E-state index in [9.17, 15) is 4.79 Å². The highest BCUT2D eigenvalue weighted by atomic mass is 16.5. The minimum absolute atomic E-state index is 0.0799. The Kier molecular flexibility index (Phi) is 2.09. The number of carbonyl (C=O) groups excluding carboxylic acids is 1. The van der Waals surface area contributed by atoms with Gasteiger partial charge in [0.15, 0.2) is 0 Å². The Bertz CT molecular complexity index is 109. The molecule has 0 aromatic heterocycles. The van der Waals surface area contributed by atoms with E-state index in [0.717, 1.165) is 25.2 Å². The number of hydrogen-bond donors (Lipinski definition) is 0. The zero-order valence-electron chi connectivity index (χ0n) is 5.64. The molecule has 2 nitrogen and oxygen atoms in total. The lowest BCUT2D eigenvalue weighted by Crippen LogP contribution is -2.21. The van der Waals surface area contributed by atoms with E-state index < -0.39 is 0 Å². The van der Waals surface area contributed by atoms with Crippen molar-refractivity contribution in [1.29, 1.82) is 0 Å². The lowest BCUT2D eigenvalue weighted by Gasteiger charge is -2.17. The number of ether oxygens (including phenoxy) is 1. The summed E-state index contributed by atoms with van der Waals surface area (Å²) in [5.41, 5.74) is 0. The standard InChI is InChI=1S/C7H11O2/c1-2-6-4-3-5-9-7(6)8/h2-5H2,1H3. The first-order chi connectivity index (χ1) is 4.34. The van der Waals surface area contributed by atoms with Crippen LogP contribution in [0.2, 0.25) is 0 Å². The maximum absolute atomic E-state index is 10.8. The van der Waals surface area contributed by atoms with Crippen LogP contribution in [-0.2, 0) is 9.53 Å². The molecule has 1 radical (unpaired) electrons. The van der Waals surface area contributed by atoms with Crippen molar-refractivity contribution in [3.63, 3.8) is 0 Å². The Labute approximate surface area is 55.2 Å². The highest BCUT2D eigenvalue weighted by Gasteiger charge is 2.22. The molecule has 0 aromatic carbocycles. The Hall–Kier alpha value is -0.530. The monoisotopic (exact) mass is 127 g/mol. The van der Waals surface area contributed by atoms with Gasteiger partial charge in [-0.3, -0.25) is 4.79 Å². The summed E-state index contributed by atoms with van der Waals surface area (Å²) in [5, 5.41) is 0. The minimum Gasteiger partial charge on any atom is -0.465 e. The van der Waals surface area contributed by atoms with E-state index in [4.69, 9.17) is 4.74 Å². The van der Waals surface area contributed by atoms with Crippen molar-refractivity contribution in [2.75, 3.05) is 6.61 Å². The molecule has 1 rings (SSSR count). The normalized spacial score (nSPS) is 21.7. The van der Waals surface area contributed by atoms with Gasteiger partial charge in [-0.2, -0.15) is 0 Å². The van der Waals surface area contributed by atoms with E-state index in [-0.39, 0.29) is 5.97 Å². The van der Waals surface area contributed by atoms with Crippen molar-refractivity contribution in [1.82, 2.24) is 0 Å². The Morgan fingerprint density at radius 2 is 2.44 bits per heavy atom. The van der Waals surface area contributed by atoms with Crippen LogP contribution in [0.5, 0.6) is 0 Å². The molecule has 2 heteroatoms. The molecule has 1 aliphatic rings. The molecule has 0 unspecified atom stereocenters. The molecule has 0 aromatic rings. The fourth-order valence-electron chi connectivity index (χ4n) is 0.976. The van der Waals surface area contributed by atoms with Gasteiger partial charge in [-0.15, -0.1) is 0 Å². The summed E-state index contributed by atoms with van der Waals surface area (Å²) in [6.45, 7) is 2.60. The lowest BCUT2D eigenvalue weighted by atomic mass is 9.99. The maximum atomic E-state index is 10.8. The third-order valence-corrected chi connectivity index (χ3v) is 1.57. The number of cyclic esters (lactones) is 1. The average Bonchev–Trinajstić information content (AvgIpc) is 1.89. The van der Waals surface area contributed by atoms with Gasteiger partial charge in [0.2, 0.25) is 0 Å². The predicted octanol–water partition coefficient (Wildman–Crippen LogP) is 1.31. The second-order valence-electron chi connectivity index (χ2n) is 2.20. The third-order valence-electron chi connectivity index (χ3n) is 1.57. The van der Waals surface area contributed by atoms with E-state index in [1.807, 2.05) is 6.92 Å². The molecule has 0 spiro atoms. The molecule has 0 aliphatic carbocycles. The van der Waals surface area contributed by atoms with Gasteiger partial charge in [0.25, 0.3) is 0 Å². The van der Waals surface area contributed by atoms with Gasteiger partial charge < -0.3 is 4.74 Å². The summed E-state index contributed by atoms with van der Waals surface area (Å²) < 4.78 is 4.81. The molecule has 0 bridgehead atoms. The van der Waals surface area contributed by atoms with Gasteiger partial charge in [0, 0.05) is 0 Å². The topological polar surface area (TPSA) is 26.3 Å². The van der Waals surface area contributed by atoms with Gasteiger partial charge >= 0.3 is 5.97 Å². The van der Waals surface area contributed by atoms with Crippen LogP contribution < -0.4 is 0 Å². The van der Waals surface area contributed by atoms with Crippen LogP contribution in [0.3, 0.4) is 0 Å². The smallest absolute Gasteiger partial charge is 0.313 e. The number of hydrogen-bond acceptors (Lipinski definition) is 2. The summed E-state index contributed by atoms with van der Waals surface area (Å²) in [4.78, 5) is 10.8. The van der Waals surface area contributed by atoms with Gasteiger partial charge in [0.05, 0.1) is 12.5 Å². The van der Waals surface area contributed by atoms with E-state index in [2.05, 4.69) is 0 Å². The van der Waals surface area contributed by atoms with Crippen molar-refractivity contribution in [2.24, 2.45) is 0 Å². The largest absolute Gasteiger partial charge is 0.465 e. The SMILES string of the molecule is CC[C]1CCCOC1=O. The third kappa shape index (κ3) is 1.44. The number of esters is 1. The molecule has 1 fully saturated rings. The first-order valence-electron chi connectivity index (χ1n) is 3.36. The molecule has 9 heavy (non-hydrogen) atoms. The van der Waals surface area contributed by atoms with Crippen LogP contribution in [0.25, 0.3) is 0 Å². The first-order valence-corrected chi connectivity index (χ1v) is 3.36. The second kappa shape index (κ2) is 2.85. The molecule has 0 atom stereocenters. The van der Waals surface area contributed by atoms with Gasteiger partial charge in [-0.1, -0.05) is 6.92 Å². The zero-order valence-corrected chi connectivity index (χ0v) is 5.64.